The van der Waals surface area contributed by atoms with E-state index in [1.165, 1.54) is 11.8 Å². The molecule has 0 spiro atoms. The van der Waals surface area contributed by atoms with Gasteiger partial charge in [0.15, 0.2) is 0 Å². The number of carbonyl (C=O) groups excluding carboxylic acids is 2. The van der Waals surface area contributed by atoms with Gasteiger partial charge in [0.1, 0.15) is 0 Å². The van der Waals surface area contributed by atoms with Crippen molar-refractivity contribution in [2.45, 2.75) is 43.8 Å². The number of hydrogen-bond acceptors (Lipinski definition) is 7. The molecule has 140 valence electrons. The molecule has 25 heavy (non-hydrogen) atoms. The molecule has 2 rings (SSSR count). The van der Waals surface area contributed by atoms with Crippen LogP contribution in [0.5, 0.6) is 0 Å². The van der Waals surface area contributed by atoms with E-state index in [0.29, 0.717) is 23.9 Å². The molecule has 10 heteroatoms. The lowest BCUT2D eigenvalue weighted by Gasteiger charge is -2.31. The molecule has 1 aromatic heterocycles. The molecule has 2 amide bonds. The summed E-state index contributed by atoms with van der Waals surface area (Å²) in [6.07, 6.45) is 3.16. The molecule has 1 saturated heterocycles. The van der Waals surface area contributed by atoms with Crippen LogP contribution in [0.3, 0.4) is 0 Å². The van der Waals surface area contributed by atoms with Crippen LogP contribution < -0.4 is 10.6 Å². The second kappa shape index (κ2) is 10.3. The first-order chi connectivity index (χ1) is 12.1. The average Bonchev–Trinajstić information content (AvgIpc) is 3.00. The third-order valence-electron chi connectivity index (χ3n) is 4.03. The lowest BCUT2D eigenvalue weighted by molar-refractivity contribution is -0.124. The summed E-state index contributed by atoms with van der Waals surface area (Å²) in [7, 11) is 1.78. The van der Waals surface area contributed by atoms with Gasteiger partial charge in [-0.1, -0.05) is 18.7 Å². The molecule has 2 N–H and O–H groups in total. The average molecular weight is 369 g/mol. The first kappa shape index (κ1) is 19.6. The zero-order valence-electron chi connectivity index (χ0n) is 14.9. The van der Waals surface area contributed by atoms with Crippen LogP contribution >= 0.6 is 11.8 Å². The Morgan fingerprint density at radius 3 is 2.68 bits per heavy atom. The Kier molecular flexibility index (Phi) is 8.13. The molecule has 1 aliphatic heterocycles. The Morgan fingerprint density at radius 2 is 2.04 bits per heavy atom. The molecular formula is C15H27N7O2S. The van der Waals surface area contributed by atoms with Crippen molar-refractivity contribution in [3.8, 4) is 0 Å². The van der Waals surface area contributed by atoms with E-state index in [-0.39, 0.29) is 17.9 Å². The van der Waals surface area contributed by atoms with Crippen LogP contribution in [0.4, 0.5) is 0 Å². The number of rotatable bonds is 9. The number of hydrogen-bond donors (Lipinski definition) is 2. The second-order valence-corrected chi connectivity index (χ2v) is 7.21. The van der Waals surface area contributed by atoms with Crippen LogP contribution in [-0.4, -0.2) is 74.9 Å². The summed E-state index contributed by atoms with van der Waals surface area (Å²) >= 11 is 1.47. The van der Waals surface area contributed by atoms with Gasteiger partial charge in [-0.2, -0.15) is 0 Å². The second-order valence-electron chi connectivity index (χ2n) is 6.15. The number of carbonyl (C=O) groups is 2. The Morgan fingerprint density at radius 1 is 1.28 bits per heavy atom. The molecule has 0 aromatic carbocycles. The van der Waals surface area contributed by atoms with Gasteiger partial charge in [0, 0.05) is 44.9 Å². The highest BCUT2D eigenvalue weighted by atomic mass is 32.2. The van der Waals surface area contributed by atoms with Crippen molar-refractivity contribution >= 4 is 23.6 Å². The monoisotopic (exact) mass is 369 g/mol. The van der Waals surface area contributed by atoms with Crippen molar-refractivity contribution < 1.29 is 9.59 Å². The number of thioether (sulfide) groups is 1. The lowest BCUT2D eigenvalue weighted by Crippen LogP contribution is -2.47. The van der Waals surface area contributed by atoms with Gasteiger partial charge < -0.3 is 10.6 Å². The van der Waals surface area contributed by atoms with E-state index in [9.17, 15) is 9.59 Å². The molecule has 1 aliphatic rings. The smallest absolute Gasteiger partial charge is 0.234 e. The fraction of sp³-hybridized carbons (Fsp3) is 0.800. The predicted molar refractivity (Wildman–Crippen MR) is 95.0 cm³/mol. The number of nitrogens with zero attached hydrogens (tertiary/aromatic N) is 5. The standard InChI is InChI=1S/C15H27N7O2S/c1-3-7-16-14(24)11-22-8-4-12(5-9-22)17-13(23)6-10-25-15-18-19-20-21(15)2/h12H,3-11H2,1-2H3,(H,16,24)(H,17,23). The number of amides is 2. The Hall–Kier alpha value is -1.68. The summed E-state index contributed by atoms with van der Waals surface area (Å²) in [5, 5.41) is 17.9. The molecule has 1 aromatic rings. The lowest BCUT2D eigenvalue weighted by atomic mass is 10.0. The minimum absolute atomic E-state index is 0.0572. The van der Waals surface area contributed by atoms with Crippen molar-refractivity contribution in [3.63, 3.8) is 0 Å². The van der Waals surface area contributed by atoms with Crippen LogP contribution in [0.1, 0.15) is 32.6 Å². The van der Waals surface area contributed by atoms with Crippen molar-refractivity contribution in [3.05, 3.63) is 0 Å². The Balaban J connectivity index is 1.58. The summed E-state index contributed by atoms with van der Waals surface area (Å²) in [6.45, 7) is 4.89. The fourth-order valence-electron chi connectivity index (χ4n) is 2.64. The van der Waals surface area contributed by atoms with Crippen LogP contribution in [-0.2, 0) is 16.6 Å². The fourth-order valence-corrected chi connectivity index (χ4v) is 3.42. The van der Waals surface area contributed by atoms with Crippen molar-refractivity contribution in [1.29, 1.82) is 0 Å². The summed E-state index contributed by atoms with van der Waals surface area (Å²) in [5.41, 5.74) is 0. The van der Waals surface area contributed by atoms with E-state index >= 15 is 0 Å². The molecule has 0 radical (unpaired) electrons. The summed E-state index contributed by atoms with van der Waals surface area (Å²) in [4.78, 5) is 25.9. The van der Waals surface area contributed by atoms with Gasteiger partial charge in [-0.15, -0.1) is 5.10 Å². The maximum absolute atomic E-state index is 12.0. The van der Waals surface area contributed by atoms with E-state index in [1.54, 1.807) is 11.7 Å². The van der Waals surface area contributed by atoms with Gasteiger partial charge in [0.2, 0.25) is 17.0 Å². The third-order valence-corrected chi connectivity index (χ3v) is 5.05. The third kappa shape index (κ3) is 6.99. The van der Waals surface area contributed by atoms with Crippen LogP contribution in [0.25, 0.3) is 0 Å². The highest BCUT2D eigenvalue weighted by Crippen LogP contribution is 2.14. The van der Waals surface area contributed by atoms with E-state index in [0.717, 1.165) is 38.9 Å². The molecule has 2 heterocycles. The van der Waals surface area contributed by atoms with Crippen LogP contribution in [0.15, 0.2) is 5.16 Å². The number of piperidine rings is 1. The van der Waals surface area contributed by atoms with E-state index in [4.69, 9.17) is 0 Å². The van der Waals surface area contributed by atoms with Gasteiger partial charge in [-0.25, -0.2) is 4.68 Å². The minimum Gasteiger partial charge on any atom is -0.355 e. The van der Waals surface area contributed by atoms with Crippen LogP contribution in [0.2, 0.25) is 0 Å². The number of tetrazole rings is 1. The number of aryl methyl sites for hydroxylation is 1. The molecule has 0 saturated carbocycles. The quantitative estimate of drug-likeness (QED) is 0.581. The molecule has 0 aliphatic carbocycles. The summed E-state index contributed by atoms with van der Waals surface area (Å²) < 4.78 is 1.59. The van der Waals surface area contributed by atoms with Gasteiger partial charge in [-0.05, 0) is 29.7 Å². The van der Waals surface area contributed by atoms with Crippen molar-refractivity contribution in [2.24, 2.45) is 7.05 Å². The molecular weight excluding hydrogens is 342 g/mol. The predicted octanol–water partition coefficient (Wildman–Crippen LogP) is -0.201. The topological polar surface area (TPSA) is 105 Å². The number of likely N-dealkylation sites (tertiary alicyclic amines) is 1. The van der Waals surface area contributed by atoms with Gasteiger partial charge >= 0.3 is 0 Å². The molecule has 9 nitrogen and oxygen atoms in total. The zero-order chi connectivity index (χ0) is 18.1. The maximum atomic E-state index is 12.0. The normalized spacial score (nSPS) is 15.9. The number of aromatic nitrogens is 4. The summed E-state index contributed by atoms with van der Waals surface area (Å²) in [5.74, 6) is 0.789. The maximum Gasteiger partial charge on any atom is 0.234 e. The molecule has 0 bridgehead atoms. The Bertz CT molecular complexity index is 558. The van der Waals surface area contributed by atoms with Gasteiger partial charge in [0.05, 0.1) is 6.54 Å². The van der Waals surface area contributed by atoms with E-state index < -0.39 is 0 Å². The zero-order valence-corrected chi connectivity index (χ0v) is 15.7. The first-order valence-corrected chi connectivity index (χ1v) is 9.70. The van der Waals surface area contributed by atoms with Gasteiger partial charge in [-0.3, -0.25) is 14.5 Å². The highest BCUT2D eigenvalue weighted by molar-refractivity contribution is 7.99. The highest BCUT2D eigenvalue weighted by Gasteiger charge is 2.21. The van der Waals surface area contributed by atoms with Crippen molar-refractivity contribution in [1.82, 2.24) is 35.7 Å². The largest absolute Gasteiger partial charge is 0.355 e. The van der Waals surface area contributed by atoms with Crippen LogP contribution in [0, 0.1) is 0 Å². The summed E-state index contributed by atoms with van der Waals surface area (Å²) in [6, 6.07) is 0.198. The van der Waals surface area contributed by atoms with Gasteiger partial charge in [0.25, 0.3) is 0 Å². The van der Waals surface area contributed by atoms with E-state index in [2.05, 4.69) is 31.1 Å². The minimum atomic E-state index is 0.0572. The first-order valence-electron chi connectivity index (χ1n) is 8.72. The SMILES string of the molecule is CCCNC(=O)CN1CCC(NC(=O)CCSc2nnnn2C)CC1. The molecule has 1 fully saturated rings. The van der Waals surface area contributed by atoms with Crippen molar-refractivity contribution in [2.75, 3.05) is 31.9 Å². The Labute approximate surface area is 152 Å². The van der Waals surface area contributed by atoms with E-state index in [1.807, 2.05) is 6.92 Å². The molecule has 0 atom stereocenters. The molecule has 0 unspecified atom stereocenters. The number of nitrogens with one attached hydrogen (secondary N) is 2.